The van der Waals surface area contributed by atoms with E-state index in [1.165, 1.54) is 26.3 Å². The molecule has 136 valence electrons. The Bertz CT molecular complexity index is 895. The van der Waals surface area contributed by atoms with Gasteiger partial charge in [0.25, 0.3) is 10.2 Å². The number of ether oxygens (including phenoxy) is 1. The Kier molecular flexibility index (Phi) is 6.17. The monoisotopic (exact) mass is 384 g/mol. The summed E-state index contributed by atoms with van der Waals surface area (Å²) in [6, 6.07) is 14.5. The first kappa shape index (κ1) is 19.4. The fraction of sp³-hybridized carbons (Fsp3) is 0.250. The minimum Gasteiger partial charge on any atom is -0.497 e. The Morgan fingerprint density at radius 1 is 0.960 bits per heavy atom. The van der Waals surface area contributed by atoms with E-state index in [-0.39, 0.29) is 11.4 Å². The normalized spacial score (nSPS) is 13.4. The molecule has 0 saturated heterocycles. The predicted molar refractivity (Wildman–Crippen MR) is 95.3 cm³/mol. The Morgan fingerprint density at radius 2 is 1.56 bits per heavy atom. The largest absolute Gasteiger partial charge is 0.497 e. The third-order valence-electron chi connectivity index (χ3n) is 3.66. The lowest BCUT2D eigenvalue weighted by Crippen LogP contribution is -2.38. The van der Waals surface area contributed by atoms with Crippen LogP contribution in [0.1, 0.15) is 10.8 Å². The van der Waals surface area contributed by atoms with Gasteiger partial charge < -0.3 is 4.74 Å². The Labute approximate surface area is 148 Å². The average molecular weight is 384 g/mol. The third kappa shape index (κ3) is 4.79. The van der Waals surface area contributed by atoms with Gasteiger partial charge in [0.2, 0.25) is 0 Å². The highest BCUT2D eigenvalue weighted by Gasteiger charge is 2.30. The number of hydrogen-bond acceptors (Lipinski definition) is 5. The molecule has 0 aliphatic carbocycles. The van der Waals surface area contributed by atoms with Crippen molar-refractivity contribution in [2.45, 2.75) is 10.1 Å². The standard InChI is InChI=1S/C16H20N2O5S2/c1-17-25(21,22)18-12-16(13-6-4-3-5-7-13)24(19,20)15-10-8-14(23-2)9-11-15/h3-11,16-18H,12H2,1-2H3. The van der Waals surface area contributed by atoms with E-state index < -0.39 is 25.3 Å². The molecule has 0 aliphatic rings. The minimum absolute atomic E-state index is 0.0887. The summed E-state index contributed by atoms with van der Waals surface area (Å²) in [7, 11) is -4.84. The Hall–Kier alpha value is -1.94. The van der Waals surface area contributed by atoms with Gasteiger partial charge in [0, 0.05) is 13.6 Å². The van der Waals surface area contributed by atoms with Crippen molar-refractivity contribution in [1.29, 1.82) is 0 Å². The van der Waals surface area contributed by atoms with Gasteiger partial charge in [-0.05, 0) is 29.8 Å². The summed E-state index contributed by atoms with van der Waals surface area (Å²) in [6.45, 7) is -0.290. The van der Waals surface area contributed by atoms with Crippen molar-refractivity contribution < 1.29 is 21.6 Å². The van der Waals surface area contributed by atoms with Gasteiger partial charge in [-0.2, -0.15) is 8.42 Å². The molecule has 2 aromatic rings. The molecule has 25 heavy (non-hydrogen) atoms. The summed E-state index contributed by atoms with van der Waals surface area (Å²) in [5.41, 5.74) is 0.497. The molecule has 0 bridgehead atoms. The van der Waals surface area contributed by atoms with Crippen molar-refractivity contribution in [1.82, 2.24) is 9.44 Å². The molecule has 0 heterocycles. The molecule has 0 radical (unpaired) electrons. The van der Waals surface area contributed by atoms with Crippen LogP contribution in [-0.2, 0) is 20.0 Å². The first-order chi connectivity index (χ1) is 11.8. The molecule has 0 aliphatic heterocycles. The number of sulfone groups is 1. The molecule has 0 fully saturated rings. The van der Waals surface area contributed by atoms with E-state index in [4.69, 9.17) is 4.74 Å². The first-order valence-electron chi connectivity index (χ1n) is 7.41. The van der Waals surface area contributed by atoms with E-state index in [0.29, 0.717) is 11.3 Å². The van der Waals surface area contributed by atoms with E-state index in [2.05, 4.69) is 9.44 Å². The van der Waals surface area contributed by atoms with Crippen LogP contribution in [-0.4, -0.2) is 37.5 Å². The summed E-state index contributed by atoms with van der Waals surface area (Å²) in [5, 5.41) is -1.06. The molecule has 7 nitrogen and oxygen atoms in total. The molecule has 1 atom stereocenters. The van der Waals surface area contributed by atoms with Crippen molar-refractivity contribution in [2.24, 2.45) is 0 Å². The van der Waals surface area contributed by atoms with E-state index in [9.17, 15) is 16.8 Å². The lowest BCUT2D eigenvalue weighted by molar-refractivity contribution is 0.414. The van der Waals surface area contributed by atoms with Gasteiger partial charge in [0.1, 0.15) is 11.0 Å². The maximum atomic E-state index is 13.0. The fourth-order valence-corrected chi connectivity index (χ4v) is 4.56. The van der Waals surface area contributed by atoms with Gasteiger partial charge in [-0.1, -0.05) is 30.3 Å². The zero-order valence-corrected chi connectivity index (χ0v) is 15.5. The smallest absolute Gasteiger partial charge is 0.276 e. The summed E-state index contributed by atoms with van der Waals surface area (Å²) >= 11 is 0. The number of nitrogens with one attached hydrogen (secondary N) is 2. The number of hydrogen-bond donors (Lipinski definition) is 2. The van der Waals surface area contributed by atoms with Gasteiger partial charge in [-0.15, -0.1) is 0 Å². The summed E-state index contributed by atoms with van der Waals surface area (Å²) in [4.78, 5) is 0.0887. The third-order valence-corrected chi connectivity index (χ3v) is 6.86. The van der Waals surface area contributed by atoms with Crippen molar-refractivity contribution in [2.75, 3.05) is 20.7 Å². The lowest BCUT2D eigenvalue weighted by atomic mass is 10.1. The minimum atomic E-state index is -3.82. The van der Waals surface area contributed by atoms with Gasteiger partial charge in [-0.25, -0.2) is 17.9 Å². The molecule has 0 amide bonds. The van der Waals surface area contributed by atoms with Gasteiger partial charge in [-0.3, -0.25) is 0 Å². The first-order valence-corrected chi connectivity index (χ1v) is 10.4. The summed E-state index contributed by atoms with van der Waals surface area (Å²) in [6.07, 6.45) is 0. The van der Waals surface area contributed by atoms with Gasteiger partial charge >= 0.3 is 0 Å². The van der Waals surface area contributed by atoms with Crippen LogP contribution in [0.25, 0.3) is 0 Å². The second-order valence-corrected chi connectivity index (χ2v) is 9.01. The maximum absolute atomic E-state index is 13.0. The van der Waals surface area contributed by atoms with E-state index >= 15 is 0 Å². The molecular weight excluding hydrogens is 364 g/mol. The van der Waals surface area contributed by atoms with Crippen LogP contribution >= 0.6 is 0 Å². The van der Waals surface area contributed by atoms with Crippen LogP contribution in [0.15, 0.2) is 59.5 Å². The fourth-order valence-electron chi connectivity index (χ4n) is 2.26. The summed E-state index contributed by atoms with van der Waals surface area (Å²) in [5.74, 6) is 0.533. The van der Waals surface area contributed by atoms with Crippen LogP contribution < -0.4 is 14.2 Å². The molecule has 1 unspecified atom stereocenters. The molecule has 2 rings (SSSR count). The highest BCUT2D eigenvalue weighted by Crippen LogP contribution is 2.29. The Balaban J connectivity index is 2.42. The number of methoxy groups -OCH3 is 1. The second kappa shape index (κ2) is 7.96. The average Bonchev–Trinajstić information content (AvgIpc) is 2.62. The van der Waals surface area contributed by atoms with Crippen molar-refractivity contribution in [3.05, 3.63) is 60.2 Å². The van der Waals surface area contributed by atoms with E-state index in [1.807, 2.05) is 0 Å². The summed E-state index contributed by atoms with van der Waals surface area (Å²) < 4.78 is 58.8. The van der Waals surface area contributed by atoms with Crippen LogP contribution in [0.5, 0.6) is 5.75 Å². The zero-order chi connectivity index (χ0) is 18.5. The lowest BCUT2D eigenvalue weighted by Gasteiger charge is -2.19. The molecular formula is C16H20N2O5S2. The maximum Gasteiger partial charge on any atom is 0.276 e. The highest BCUT2D eigenvalue weighted by molar-refractivity contribution is 7.92. The van der Waals surface area contributed by atoms with Crippen molar-refractivity contribution in [3.8, 4) is 5.75 Å². The molecule has 0 spiro atoms. The number of rotatable bonds is 8. The van der Waals surface area contributed by atoms with E-state index in [0.717, 1.165) is 0 Å². The zero-order valence-electron chi connectivity index (χ0n) is 13.8. The molecule has 2 N–H and O–H groups in total. The highest BCUT2D eigenvalue weighted by atomic mass is 32.2. The molecule has 0 aromatic heterocycles. The van der Waals surface area contributed by atoms with Gasteiger partial charge in [0.05, 0.1) is 12.0 Å². The predicted octanol–water partition coefficient (Wildman–Crippen LogP) is 1.26. The van der Waals surface area contributed by atoms with Crippen LogP contribution in [0.2, 0.25) is 0 Å². The molecule has 2 aromatic carbocycles. The molecule has 0 saturated carbocycles. The van der Waals surface area contributed by atoms with Crippen LogP contribution in [0.4, 0.5) is 0 Å². The second-order valence-electron chi connectivity index (χ2n) is 5.18. The van der Waals surface area contributed by atoms with Crippen molar-refractivity contribution in [3.63, 3.8) is 0 Å². The van der Waals surface area contributed by atoms with E-state index in [1.54, 1.807) is 42.5 Å². The van der Waals surface area contributed by atoms with Crippen molar-refractivity contribution >= 4 is 20.0 Å². The van der Waals surface area contributed by atoms with Crippen LogP contribution in [0, 0.1) is 0 Å². The Morgan fingerprint density at radius 3 is 2.08 bits per heavy atom. The number of benzene rings is 2. The van der Waals surface area contributed by atoms with Gasteiger partial charge in [0.15, 0.2) is 9.84 Å². The SMILES string of the molecule is CNS(=O)(=O)NCC(c1ccccc1)S(=O)(=O)c1ccc(OC)cc1. The topological polar surface area (TPSA) is 102 Å². The van der Waals surface area contributed by atoms with Crippen LogP contribution in [0.3, 0.4) is 0 Å². The molecule has 9 heteroatoms. The quantitative estimate of drug-likeness (QED) is 0.714.